The zero-order valence-electron chi connectivity index (χ0n) is 18.8. The van der Waals surface area contributed by atoms with Gasteiger partial charge in [-0.05, 0) is 49.4 Å². The number of ether oxygens (including phenoxy) is 1. The van der Waals surface area contributed by atoms with Crippen molar-refractivity contribution in [1.29, 1.82) is 0 Å². The first-order chi connectivity index (χ1) is 16.1. The van der Waals surface area contributed by atoms with E-state index in [0.717, 1.165) is 48.4 Å². The zero-order valence-corrected chi connectivity index (χ0v) is 19.6. The van der Waals surface area contributed by atoms with E-state index in [1.807, 2.05) is 6.92 Å². The van der Waals surface area contributed by atoms with Gasteiger partial charge >= 0.3 is 6.36 Å². The van der Waals surface area contributed by atoms with Crippen molar-refractivity contribution in [3.63, 3.8) is 0 Å². The van der Waals surface area contributed by atoms with Crippen LogP contribution in [-0.4, -0.2) is 60.2 Å². The van der Waals surface area contributed by atoms with Crippen LogP contribution in [0.4, 0.5) is 18.2 Å². The number of thiophene rings is 1. The summed E-state index contributed by atoms with van der Waals surface area (Å²) in [5, 5.41) is 3.47. The van der Waals surface area contributed by atoms with Crippen molar-refractivity contribution >= 4 is 28.2 Å². The summed E-state index contributed by atoms with van der Waals surface area (Å²) in [6.45, 7) is 5.23. The van der Waals surface area contributed by atoms with Gasteiger partial charge in [0.2, 0.25) is 5.91 Å². The molecule has 2 heterocycles. The molecule has 1 aliphatic heterocycles. The minimum atomic E-state index is -4.70. The molecule has 0 spiro atoms. The van der Waals surface area contributed by atoms with E-state index >= 15 is 0 Å². The van der Waals surface area contributed by atoms with Gasteiger partial charge in [0.15, 0.2) is 0 Å². The molecule has 1 saturated heterocycles. The number of amides is 2. The Morgan fingerprint density at radius 1 is 1.15 bits per heavy atom. The van der Waals surface area contributed by atoms with Crippen LogP contribution < -0.4 is 15.8 Å². The second kappa shape index (κ2) is 9.93. The van der Waals surface area contributed by atoms with Gasteiger partial charge in [0.1, 0.15) is 10.8 Å². The first-order valence-electron chi connectivity index (χ1n) is 11.2. The van der Waals surface area contributed by atoms with Crippen LogP contribution in [0.25, 0.3) is 0 Å². The lowest BCUT2D eigenvalue weighted by Gasteiger charge is -2.37. The molecule has 0 saturated carbocycles. The van der Waals surface area contributed by atoms with Gasteiger partial charge in [-0.25, -0.2) is 0 Å². The van der Waals surface area contributed by atoms with Gasteiger partial charge in [-0.1, -0.05) is 12.1 Å². The number of nitrogens with two attached hydrogens (primary N) is 1. The average Bonchev–Trinajstić information content (AvgIpc) is 3.34. The van der Waals surface area contributed by atoms with E-state index in [9.17, 15) is 22.8 Å². The lowest BCUT2D eigenvalue weighted by atomic mass is 10.1. The first-order valence-corrected chi connectivity index (χ1v) is 12.0. The third kappa shape index (κ3) is 5.70. The van der Waals surface area contributed by atoms with E-state index in [1.54, 1.807) is 12.1 Å². The minimum absolute atomic E-state index is 0.170. The number of carbonyl (C=O) groups excluding carboxylic acids is 2. The number of piperazine rings is 1. The van der Waals surface area contributed by atoms with Crippen LogP contribution >= 0.6 is 11.3 Å². The van der Waals surface area contributed by atoms with E-state index in [1.165, 1.54) is 23.5 Å². The average molecular weight is 497 g/mol. The number of nitrogens with one attached hydrogen (secondary N) is 1. The molecule has 0 radical (unpaired) electrons. The summed E-state index contributed by atoms with van der Waals surface area (Å²) in [6, 6.07) is 5.49. The second-order valence-corrected chi connectivity index (χ2v) is 9.70. The molecular formula is C23H27F3N4O3S. The molecule has 2 aromatic rings. The number of hydrogen-bond donors (Lipinski definition) is 2. The molecular weight excluding hydrogens is 469 g/mol. The number of halogens is 3. The third-order valence-corrected chi connectivity index (χ3v) is 7.51. The number of aryl methyl sites for hydroxylation is 1. The van der Waals surface area contributed by atoms with Crippen LogP contribution in [0.1, 0.15) is 39.7 Å². The highest BCUT2D eigenvalue weighted by molar-refractivity contribution is 7.17. The Balaban J connectivity index is 1.29. The fourth-order valence-corrected chi connectivity index (χ4v) is 5.80. The molecule has 1 unspecified atom stereocenters. The Morgan fingerprint density at radius 3 is 2.44 bits per heavy atom. The van der Waals surface area contributed by atoms with Gasteiger partial charge in [0, 0.05) is 37.6 Å². The summed E-state index contributed by atoms with van der Waals surface area (Å²) in [4.78, 5) is 30.3. The number of anilines is 1. The van der Waals surface area contributed by atoms with Gasteiger partial charge in [-0.3, -0.25) is 19.4 Å². The molecule has 7 nitrogen and oxygen atoms in total. The van der Waals surface area contributed by atoms with Crippen molar-refractivity contribution in [3.05, 3.63) is 45.8 Å². The molecule has 2 aliphatic rings. The normalized spacial score (nSPS) is 17.9. The maximum absolute atomic E-state index is 12.9. The molecule has 184 valence electrons. The van der Waals surface area contributed by atoms with Gasteiger partial charge < -0.3 is 15.8 Å². The predicted molar refractivity (Wildman–Crippen MR) is 123 cm³/mol. The van der Waals surface area contributed by atoms with E-state index in [4.69, 9.17) is 5.73 Å². The highest BCUT2D eigenvalue weighted by Gasteiger charge is 2.31. The molecule has 1 aliphatic carbocycles. The molecule has 1 aromatic carbocycles. The standard InChI is InChI=1S/C23H27F3N4O3S/c1-14(21(32)28-22-19(20(27)31)17-3-2-4-18(17)34-22)30-11-9-29(10-12-30)13-15-5-7-16(8-6-15)33-23(24,25)26/h5-8,14H,2-4,9-13H2,1H3,(H2,27,31)(H,28,32). The number of nitrogens with zero attached hydrogens (tertiary/aromatic N) is 2. The second-order valence-electron chi connectivity index (χ2n) is 8.59. The quantitative estimate of drug-likeness (QED) is 0.614. The van der Waals surface area contributed by atoms with E-state index < -0.39 is 12.3 Å². The van der Waals surface area contributed by atoms with E-state index in [-0.39, 0.29) is 17.7 Å². The summed E-state index contributed by atoms with van der Waals surface area (Å²) in [7, 11) is 0. The molecule has 1 atom stereocenters. The highest BCUT2D eigenvalue weighted by Crippen LogP contribution is 2.39. The maximum atomic E-state index is 12.9. The Kier molecular flexibility index (Phi) is 7.15. The van der Waals surface area contributed by atoms with Crippen molar-refractivity contribution in [3.8, 4) is 5.75 Å². The topological polar surface area (TPSA) is 87.9 Å². The zero-order chi connectivity index (χ0) is 24.5. The third-order valence-electron chi connectivity index (χ3n) is 6.30. The maximum Gasteiger partial charge on any atom is 0.573 e. The largest absolute Gasteiger partial charge is 0.573 e. The van der Waals surface area contributed by atoms with Crippen LogP contribution in [-0.2, 0) is 24.2 Å². The van der Waals surface area contributed by atoms with Crippen molar-refractivity contribution in [2.24, 2.45) is 5.73 Å². The lowest BCUT2D eigenvalue weighted by molar-refractivity contribution is -0.274. The molecule has 3 N–H and O–H groups in total. The predicted octanol–water partition coefficient (Wildman–Crippen LogP) is 3.38. The number of hydrogen-bond acceptors (Lipinski definition) is 6. The summed E-state index contributed by atoms with van der Waals surface area (Å²) >= 11 is 1.44. The minimum Gasteiger partial charge on any atom is -0.406 e. The van der Waals surface area contributed by atoms with Crippen LogP contribution in [0.2, 0.25) is 0 Å². The Labute approximate surface area is 199 Å². The van der Waals surface area contributed by atoms with E-state index in [2.05, 4.69) is 19.9 Å². The smallest absolute Gasteiger partial charge is 0.406 e. The van der Waals surface area contributed by atoms with Gasteiger partial charge in [0.05, 0.1) is 11.6 Å². The Hall–Kier alpha value is -2.63. The number of fused-ring (bicyclic) bond motifs is 1. The fraction of sp³-hybridized carbons (Fsp3) is 0.478. The molecule has 1 aromatic heterocycles. The summed E-state index contributed by atoms with van der Waals surface area (Å²) < 4.78 is 40.8. The summed E-state index contributed by atoms with van der Waals surface area (Å²) in [5.41, 5.74) is 7.90. The fourth-order valence-electron chi connectivity index (χ4n) is 4.50. The van der Waals surface area contributed by atoms with Crippen LogP contribution in [0.15, 0.2) is 24.3 Å². The van der Waals surface area contributed by atoms with Crippen molar-refractivity contribution in [2.45, 2.75) is 45.1 Å². The van der Waals surface area contributed by atoms with Crippen molar-refractivity contribution < 1.29 is 27.5 Å². The van der Waals surface area contributed by atoms with Gasteiger partial charge in [0.25, 0.3) is 5.91 Å². The molecule has 0 bridgehead atoms. The SMILES string of the molecule is CC(C(=O)Nc1sc2c(c1C(N)=O)CCC2)N1CCN(Cc2ccc(OC(F)(F)F)cc2)CC1. The van der Waals surface area contributed by atoms with E-state index in [0.29, 0.717) is 30.2 Å². The molecule has 4 rings (SSSR count). The summed E-state index contributed by atoms with van der Waals surface area (Å²) in [5.74, 6) is -0.915. The van der Waals surface area contributed by atoms with Crippen LogP contribution in [0.5, 0.6) is 5.75 Å². The molecule has 34 heavy (non-hydrogen) atoms. The lowest BCUT2D eigenvalue weighted by Crippen LogP contribution is -2.52. The van der Waals surface area contributed by atoms with Gasteiger partial charge in [-0.2, -0.15) is 0 Å². The molecule has 11 heteroatoms. The van der Waals surface area contributed by atoms with Crippen LogP contribution in [0.3, 0.4) is 0 Å². The number of carbonyl (C=O) groups is 2. The monoisotopic (exact) mass is 496 g/mol. The van der Waals surface area contributed by atoms with Crippen LogP contribution in [0, 0.1) is 0 Å². The molecule has 1 fully saturated rings. The van der Waals surface area contributed by atoms with Crippen molar-refractivity contribution in [1.82, 2.24) is 9.80 Å². The first kappa shape index (κ1) is 24.5. The Morgan fingerprint density at radius 2 is 1.82 bits per heavy atom. The number of primary amides is 1. The van der Waals surface area contributed by atoms with Crippen molar-refractivity contribution in [2.75, 3.05) is 31.5 Å². The Bertz CT molecular complexity index is 1050. The number of benzene rings is 1. The van der Waals surface area contributed by atoms with Gasteiger partial charge in [-0.15, -0.1) is 24.5 Å². The number of alkyl halides is 3. The highest BCUT2D eigenvalue weighted by atomic mass is 32.1. The number of rotatable bonds is 7. The summed E-state index contributed by atoms with van der Waals surface area (Å²) in [6.07, 6.45) is -1.98. The molecule has 2 amide bonds.